The van der Waals surface area contributed by atoms with E-state index in [0.717, 1.165) is 51.3 Å². The largest absolute Gasteiger partial charge is 0.492 e. The number of piperidine rings is 1. The summed E-state index contributed by atoms with van der Waals surface area (Å²) < 4.78 is 5.77. The highest BCUT2D eigenvalue weighted by molar-refractivity contribution is 5.83. The molecule has 5 nitrogen and oxygen atoms in total. The van der Waals surface area contributed by atoms with Gasteiger partial charge >= 0.3 is 0 Å². The first-order valence-electron chi connectivity index (χ1n) is 9.63. The lowest BCUT2D eigenvalue weighted by Crippen LogP contribution is -2.58. The van der Waals surface area contributed by atoms with Crippen molar-refractivity contribution >= 4 is 11.6 Å². The van der Waals surface area contributed by atoms with Gasteiger partial charge in [-0.2, -0.15) is 0 Å². The Kier molecular flexibility index (Phi) is 5.84. The summed E-state index contributed by atoms with van der Waals surface area (Å²) >= 11 is 0. The number of para-hydroxylation sites is 2. The average Bonchev–Trinajstić information content (AvgIpc) is 2.63. The summed E-state index contributed by atoms with van der Waals surface area (Å²) in [6, 6.07) is 8.63. The standard InChI is InChI=1S/C20H31N3O2/c1-4-25-19-10-6-5-8-17(19)21-12-14-22(15-13-21)18-9-7-11-23(16(2)3)20(18)24/h5-6,8,10,16,18H,4,7,9,11-15H2,1-3H3. The second-order valence-corrected chi connectivity index (χ2v) is 7.21. The van der Waals surface area contributed by atoms with E-state index in [2.05, 4.69) is 35.8 Å². The zero-order valence-electron chi connectivity index (χ0n) is 15.8. The van der Waals surface area contributed by atoms with E-state index in [-0.39, 0.29) is 6.04 Å². The van der Waals surface area contributed by atoms with Crippen molar-refractivity contribution in [3.8, 4) is 5.75 Å². The maximum Gasteiger partial charge on any atom is 0.240 e. The van der Waals surface area contributed by atoms with E-state index in [1.807, 2.05) is 24.0 Å². The van der Waals surface area contributed by atoms with Gasteiger partial charge in [-0.15, -0.1) is 0 Å². The highest BCUT2D eigenvalue weighted by Crippen LogP contribution is 2.29. The number of likely N-dealkylation sites (tertiary alicyclic amines) is 1. The maximum absolute atomic E-state index is 12.8. The summed E-state index contributed by atoms with van der Waals surface area (Å²) in [6.45, 7) is 11.6. The lowest BCUT2D eigenvalue weighted by atomic mass is 10.0. The molecule has 1 aromatic rings. The first-order chi connectivity index (χ1) is 12.1. The smallest absolute Gasteiger partial charge is 0.240 e. The number of hydrogen-bond acceptors (Lipinski definition) is 4. The fraction of sp³-hybridized carbons (Fsp3) is 0.650. The molecule has 5 heteroatoms. The topological polar surface area (TPSA) is 36.0 Å². The third kappa shape index (κ3) is 3.92. The molecular weight excluding hydrogens is 314 g/mol. The highest BCUT2D eigenvalue weighted by Gasteiger charge is 2.35. The van der Waals surface area contributed by atoms with E-state index in [1.165, 1.54) is 5.69 Å². The minimum atomic E-state index is 0.0698. The Morgan fingerprint density at radius 3 is 2.52 bits per heavy atom. The van der Waals surface area contributed by atoms with Crippen molar-refractivity contribution in [2.75, 3.05) is 44.2 Å². The molecule has 25 heavy (non-hydrogen) atoms. The van der Waals surface area contributed by atoms with E-state index in [0.29, 0.717) is 18.6 Å². The number of carbonyl (C=O) groups is 1. The first-order valence-corrected chi connectivity index (χ1v) is 9.63. The third-order valence-corrected chi connectivity index (χ3v) is 5.33. The molecule has 1 aromatic carbocycles. The van der Waals surface area contributed by atoms with Crippen LogP contribution in [0, 0.1) is 0 Å². The molecule has 0 spiro atoms. The molecular formula is C20H31N3O2. The number of ether oxygens (including phenoxy) is 1. The van der Waals surface area contributed by atoms with Crippen LogP contribution in [0.4, 0.5) is 5.69 Å². The minimum absolute atomic E-state index is 0.0698. The van der Waals surface area contributed by atoms with E-state index < -0.39 is 0 Å². The van der Waals surface area contributed by atoms with Gasteiger partial charge in [0.15, 0.2) is 0 Å². The summed E-state index contributed by atoms with van der Waals surface area (Å²) in [5.74, 6) is 1.28. The van der Waals surface area contributed by atoms with Gasteiger partial charge in [0.1, 0.15) is 5.75 Å². The van der Waals surface area contributed by atoms with Crippen molar-refractivity contribution < 1.29 is 9.53 Å². The zero-order chi connectivity index (χ0) is 17.8. The Morgan fingerprint density at radius 2 is 1.84 bits per heavy atom. The summed E-state index contributed by atoms with van der Waals surface area (Å²) in [4.78, 5) is 19.6. The van der Waals surface area contributed by atoms with Gasteiger partial charge in [0.05, 0.1) is 18.3 Å². The van der Waals surface area contributed by atoms with Gasteiger partial charge in [0, 0.05) is 38.8 Å². The molecule has 2 aliphatic heterocycles. The van der Waals surface area contributed by atoms with Crippen molar-refractivity contribution in [3.05, 3.63) is 24.3 Å². The lowest BCUT2D eigenvalue weighted by Gasteiger charge is -2.44. The van der Waals surface area contributed by atoms with Gasteiger partial charge in [-0.25, -0.2) is 0 Å². The van der Waals surface area contributed by atoms with Crippen LogP contribution in [0.1, 0.15) is 33.6 Å². The molecule has 1 amide bonds. The second kappa shape index (κ2) is 8.09. The van der Waals surface area contributed by atoms with Gasteiger partial charge in [-0.3, -0.25) is 9.69 Å². The molecule has 0 bridgehead atoms. The molecule has 2 saturated heterocycles. The van der Waals surface area contributed by atoms with Crippen LogP contribution in [-0.2, 0) is 4.79 Å². The Bertz CT molecular complexity index is 582. The highest BCUT2D eigenvalue weighted by atomic mass is 16.5. The number of hydrogen-bond donors (Lipinski definition) is 0. The van der Waals surface area contributed by atoms with Crippen LogP contribution in [0.5, 0.6) is 5.75 Å². The number of carbonyl (C=O) groups excluding carboxylic acids is 1. The summed E-state index contributed by atoms with van der Waals surface area (Å²) in [5.41, 5.74) is 1.17. The number of nitrogens with zero attached hydrogens (tertiary/aromatic N) is 3. The first kappa shape index (κ1) is 18.1. The van der Waals surface area contributed by atoms with Gasteiger partial charge in [-0.1, -0.05) is 12.1 Å². The van der Waals surface area contributed by atoms with Crippen molar-refractivity contribution in [2.24, 2.45) is 0 Å². The Balaban J connectivity index is 1.63. The molecule has 0 aromatic heterocycles. The van der Waals surface area contributed by atoms with Crippen LogP contribution in [-0.4, -0.2) is 67.1 Å². The third-order valence-electron chi connectivity index (χ3n) is 5.33. The van der Waals surface area contributed by atoms with Crippen LogP contribution in [0.25, 0.3) is 0 Å². The SMILES string of the molecule is CCOc1ccccc1N1CCN(C2CCCN(C(C)C)C2=O)CC1. The quantitative estimate of drug-likeness (QED) is 0.822. The summed E-state index contributed by atoms with van der Waals surface area (Å²) in [6.07, 6.45) is 2.11. The molecule has 0 aliphatic carbocycles. The predicted molar refractivity (Wildman–Crippen MR) is 101 cm³/mol. The molecule has 3 rings (SSSR count). The second-order valence-electron chi connectivity index (χ2n) is 7.21. The maximum atomic E-state index is 12.8. The van der Waals surface area contributed by atoms with Crippen LogP contribution >= 0.6 is 0 Å². The lowest BCUT2D eigenvalue weighted by molar-refractivity contribution is -0.142. The molecule has 1 unspecified atom stereocenters. The predicted octanol–water partition coefficient (Wildman–Crippen LogP) is 2.61. The molecule has 0 saturated carbocycles. The van der Waals surface area contributed by atoms with E-state index in [4.69, 9.17) is 4.74 Å². The van der Waals surface area contributed by atoms with Gasteiger partial charge in [0.25, 0.3) is 0 Å². The minimum Gasteiger partial charge on any atom is -0.492 e. The van der Waals surface area contributed by atoms with Crippen molar-refractivity contribution in [1.82, 2.24) is 9.80 Å². The molecule has 2 fully saturated rings. The van der Waals surface area contributed by atoms with Crippen LogP contribution in [0.15, 0.2) is 24.3 Å². The number of piperazine rings is 1. The Morgan fingerprint density at radius 1 is 1.12 bits per heavy atom. The number of anilines is 1. The van der Waals surface area contributed by atoms with Gasteiger partial charge in [-0.05, 0) is 45.7 Å². The summed E-state index contributed by atoms with van der Waals surface area (Å²) in [5, 5.41) is 0. The normalized spacial score (nSPS) is 22.6. The monoisotopic (exact) mass is 345 g/mol. The molecule has 1 atom stereocenters. The van der Waals surface area contributed by atoms with E-state index in [9.17, 15) is 4.79 Å². The molecule has 0 N–H and O–H groups in total. The number of amides is 1. The van der Waals surface area contributed by atoms with Crippen LogP contribution in [0.2, 0.25) is 0 Å². The summed E-state index contributed by atoms with van der Waals surface area (Å²) in [7, 11) is 0. The van der Waals surface area contributed by atoms with Crippen molar-refractivity contribution in [1.29, 1.82) is 0 Å². The number of rotatable bonds is 5. The molecule has 2 aliphatic rings. The van der Waals surface area contributed by atoms with Crippen LogP contribution < -0.4 is 9.64 Å². The average molecular weight is 345 g/mol. The molecule has 138 valence electrons. The van der Waals surface area contributed by atoms with E-state index >= 15 is 0 Å². The molecule has 0 radical (unpaired) electrons. The van der Waals surface area contributed by atoms with Crippen molar-refractivity contribution in [2.45, 2.75) is 45.7 Å². The fourth-order valence-electron chi connectivity index (χ4n) is 4.00. The Hall–Kier alpha value is -1.75. The molecule has 2 heterocycles. The fourth-order valence-corrected chi connectivity index (χ4v) is 4.00. The Labute approximate surface area is 151 Å². The van der Waals surface area contributed by atoms with Crippen LogP contribution in [0.3, 0.4) is 0 Å². The zero-order valence-corrected chi connectivity index (χ0v) is 15.8. The number of benzene rings is 1. The van der Waals surface area contributed by atoms with Crippen molar-refractivity contribution in [3.63, 3.8) is 0 Å². The van der Waals surface area contributed by atoms with Gasteiger partial charge in [0.2, 0.25) is 5.91 Å². The van der Waals surface area contributed by atoms with Gasteiger partial charge < -0.3 is 14.5 Å². The van der Waals surface area contributed by atoms with E-state index in [1.54, 1.807) is 0 Å².